The van der Waals surface area contributed by atoms with Gasteiger partial charge in [-0.05, 0) is 30.7 Å². The predicted octanol–water partition coefficient (Wildman–Crippen LogP) is 2.08. The number of anilines is 1. The Bertz CT molecular complexity index is 494. The summed E-state index contributed by atoms with van der Waals surface area (Å²) in [6.45, 7) is 2.04. The van der Waals surface area contributed by atoms with Crippen molar-refractivity contribution in [3.05, 3.63) is 53.7 Å². The lowest BCUT2D eigenvalue weighted by Gasteiger charge is -2.16. The largest absolute Gasteiger partial charge is 0.491 e. The maximum absolute atomic E-state index is 10.1. The van der Waals surface area contributed by atoms with Gasteiger partial charge in [0.25, 0.3) is 0 Å². The van der Waals surface area contributed by atoms with Gasteiger partial charge in [0.05, 0.1) is 0 Å². The molecule has 3 N–H and O–H groups in total. The molecular formula is C14H16N2O2. The zero-order chi connectivity index (χ0) is 13.0. The number of pyridine rings is 1. The summed E-state index contributed by atoms with van der Waals surface area (Å²) >= 11 is 0. The Morgan fingerprint density at radius 2 is 2.00 bits per heavy atom. The highest BCUT2D eigenvalue weighted by molar-refractivity contribution is 5.45. The SMILES string of the molecule is Cc1ccnc(N)c1C(O)COc1ccccc1. The number of aryl methyl sites for hydroxylation is 1. The Labute approximate surface area is 106 Å². The van der Waals surface area contributed by atoms with Gasteiger partial charge in [0, 0.05) is 11.8 Å². The molecule has 0 bridgehead atoms. The molecule has 1 heterocycles. The van der Waals surface area contributed by atoms with Crippen LogP contribution in [-0.2, 0) is 0 Å². The Hall–Kier alpha value is -2.07. The van der Waals surface area contributed by atoms with Crippen molar-refractivity contribution >= 4 is 5.82 Å². The number of aliphatic hydroxyl groups is 1. The molecule has 0 aliphatic rings. The van der Waals surface area contributed by atoms with Gasteiger partial charge in [-0.1, -0.05) is 18.2 Å². The fraction of sp³-hybridized carbons (Fsp3) is 0.214. The number of benzene rings is 1. The van der Waals surface area contributed by atoms with Gasteiger partial charge in [0.1, 0.15) is 24.3 Å². The van der Waals surface area contributed by atoms with Crippen LogP contribution in [0.3, 0.4) is 0 Å². The Kier molecular flexibility index (Phi) is 3.79. The van der Waals surface area contributed by atoms with Crippen LogP contribution in [0.2, 0.25) is 0 Å². The Morgan fingerprint density at radius 3 is 2.67 bits per heavy atom. The first-order valence-corrected chi connectivity index (χ1v) is 5.75. The molecule has 1 aromatic heterocycles. The van der Waals surface area contributed by atoms with Crippen LogP contribution in [0.1, 0.15) is 17.2 Å². The summed E-state index contributed by atoms with van der Waals surface area (Å²) < 4.78 is 5.50. The third-order valence-electron chi connectivity index (χ3n) is 2.72. The van der Waals surface area contributed by atoms with E-state index in [1.165, 1.54) is 0 Å². The van der Waals surface area contributed by atoms with E-state index in [1.54, 1.807) is 6.20 Å². The van der Waals surface area contributed by atoms with E-state index in [9.17, 15) is 5.11 Å². The third-order valence-corrected chi connectivity index (χ3v) is 2.72. The van der Waals surface area contributed by atoms with Crippen LogP contribution in [0.25, 0.3) is 0 Å². The van der Waals surface area contributed by atoms with Gasteiger partial charge in [-0.15, -0.1) is 0 Å². The van der Waals surface area contributed by atoms with E-state index in [4.69, 9.17) is 10.5 Å². The van der Waals surface area contributed by atoms with E-state index < -0.39 is 6.10 Å². The number of rotatable bonds is 4. The summed E-state index contributed by atoms with van der Waals surface area (Å²) in [5.41, 5.74) is 7.31. The van der Waals surface area contributed by atoms with Crippen LogP contribution in [-0.4, -0.2) is 16.7 Å². The van der Waals surface area contributed by atoms with Crippen LogP contribution in [0.5, 0.6) is 5.75 Å². The summed E-state index contributed by atoms with van der Waals surface area (Å²) in [7, 11) is 0. The Balaban J connectivity index is 2.06. The standard InChI is InChI=1S/C14H16N2O2/c1-10-7-8-16-14(15)13(10)12(17)9-18-11-5-3-2-4-6-11/h2-8,12,17H,9H2,1H3,(H2,15,16). The highest BCUT2D eigenvalue weighted by atomic mass is 16.5. The number of nitrogen functional groups attached to an aromatic ring is 1. The second-order valence-electron chi connectivity index (χ2n) is 4.07. The highest BCUT2D eigenvalue weighted by Gasteiger charge is 2.15. The molecule has 0 spiro atoms. The van der Waals surface area contributed by atoms with E-state index in [0.717, 1.165) is 11.3 Å². The maximum atomic E-state index is 10.1. The highest BCUT2D eigenvalue weighted by Crippen LogP contribution is 2.23. The molecule has 0 saturated carbocycles. The van der Waals surface area contributed by atoms with E-state index >= 15 is 0 Å². The first-order valence-electron chi connectivity index (χ1n) is 5.75. The van der Waals surface area contributed by atoms with Crippen LogP contribution >= 0.6 is 0 Å². The lowest BCUT2D eigenvalue weighted by Crippen LogP contribution is -2.13. The van der Waals surface area contributed by atoms with Gasteiger partial charge in [0.15, 0.2) is 0 Å². The fourth-order valence-electron chi connectivity index (χ4n) is 1.80. The zero-order valence-corrected chi connectivity index (χ0v) is 10.2. The number of hydrogen-bond acceptors (Lipinski definition) is 4. The molecule has 1 aromatic carbocycles. The molecular weight excluding hydrogens is 228 g/mol. The van der Waals surface area contributed by atoms with Crippen molar-refractivity contribution in [1.82, 2.24) is 4.98 Å². The lowest BCUT2D eigenvalue weighted by atomic mass is 10.1. The van der Waals surface area contributed by atoms with Crippen molar-refractivity contribution in [1.29, 1.82) is 0 Å². The first kappa shape index (κ1) is 12.4. The lowest BCUT2D eigenvalue weighted by molar-refractivity contribution is 0.108. The molecule has 2 rings (SSSR count). The van der Waals surface area contributed by atoms with Gasteiger partial charge in [-0.25, -0.2) is 4.98 Å². The number of ether oxygens (including phenoxy) is 1. The van der Waals surface area contributed by atoms with Crippen molar-refractivity contribution in [3.63, 3.8) is 0 Å². The molecule has 0 fully saturated rings. The number of nitrogens with two attached hydrogens (primary N) is 1. The van der Waals surface area contributed by atoms with Crippen LogP contribution < -0.4 is 10.5 Å². The molecule has 1 atom stereocenters. The minimum Gasteiger partial charge on any atom is -0.491 e. The summed E-state index contributed by atoms with van der Waals surface area (Å²) in [6, 6.07) is 11.2. The monoisotopic (exact) mass is 244 g/mol. The summed E-state index contributed by atoms with van der Waals surface area (Å²) in [6.07, 6.45) is 0.845. The molecule has 1 unspecified atom stereocenters. The van der Waals surface area contributed by atoms with Crippen molar-refractivity contribution in [2.45, 2.75) is 13.0 Å². The molecule has 0 aliphatic carbocycles. The summed E-state index contributed by atoms with van der Waals surface area (Å²) in [5, 5.41) is 10.1. The van der Waals surface area contributed by atoms with Gasteiger partial charge < -0.3 is 15.6 Å². The predicted molar refractivity (Wildman–Crippen MR) is 70.3 cm³/mol. The fourth-order valence-corrected chi connectivity index (χ4v) is 1.80. The van der Waals surface area contributed by atoms with Crippen molar-refractivity contribution in [2.24, 2.45) is 0 Å². The second kappa shape index (κ2) is 5.51. The number of nitrogens with zero attached hydrogens (tertiary/aromatic N) is 1. The minimum absolute atomic E-state index is 0.154. The Morgan fingerprint density at radius 1 is 1.28 bits per heavy atom. The van der Waals surface area contributed by atoms with Gasteiger partial charge in [-0.3, -0.25) is 0 Å². The number of para-hydroxylation sites is 1. The molecule has 4 nitrogen and oxygen atoms in total. The van der Waals surface area contributed by atoms with Crippen molar-refractivity contribution < 1.29 is 9.84 Å². The van der Waals surface area contributed by atoms with E-state index in [1.807, 2.05) is 43.3 Å². The van der Waals surface area contributed by atoms with E-state index in [0.29, 0.717) is 11.4 Å². The summed E-state index contributed by atoms with van der Waals surface area (Å²) in [4.78, 5) is 3.98. The quantitative estimate of drug-likeness (QED) is 0.864. The van der Waals surface area contributed by atoms with Crippen LogP contribution in [0.4, 0.5) is 5.82 Å². The number of aromatic nitrogens is 1. The molecule has 0 radical (unpaired) electrons. The molecule has 0 aliphatic heterocycles. The van der Waals surface area contributed by atoms with Crippen molar-refractivity contribution in [3.8, 4) is 5.75 Å². The van der Waals surface area contributed by atoms with Gasteiger partial charge in [-0.2, -0.15) is 0 Å². The normalized spacial score (nSPS) is 12.1. The van der Waals surface area contributed by atoms with Gasteiger partial charge in [0.2, 0.25) is 0 Å². The average Bonchev–Trinajstić information content (AvgIpc) is 2.37. The van der Waals surface area contributed by atoms with Crippen molar-refractivity contribution in [2.75, 3.05) is 12.3 Å². The summed E-state index contributed by atoms with van der Waals surface area (Å²) in [5.74, 6) is 1.07. The molecule has 18 heavy (non-hydrogen) atoms. The number of aliphatic hydroxyl groups excluding tert-OH is 1. The van der Waals surface area contributed by atoms with Crippen LogP contribution in [0, 0.1) is 6.92 Å². The molecule has 94 valence electrons. The first-order chi connectivity index (χ1) is 8.68. The van der Waals surface area contributed by atoms with E-state index in [2.05, 4.69) is 4.98 Å². The second-order valence-corrected chi connectivity index (χ2v) is 4.07. The minimum atomic E-state index is -0.779. The smallest absolute Gasteiger partial charge is 0.129 e. The topological polar surface area (TPSA) is 68.4 Å². The number of hydrogen-bond donors (Lipinski definition) is 2. The molecule has 2 aromatic rings. The molecule has 0 amide bonds. The third kappa shape index (κ3) is 2.78. The maximum Gasteiger partial charge on any atom is 0.129 e. The average molecular weight is 244 g/mol. The molecule has 0 saturated heterocycles. The van der Waals surface area contributed by atoms with Gasteiger partial charge >= 0.3 is 0 Å². The van der Waals surface area contributed by atoms with E-state index in [-0.39, 0.29) is 6.61 Å². The molecule has 4 heteroatoms. The van der Waals surface area contributed by atoms with Crippen LogP contribution in [0.15, 0.2) is 42.6 Å². The zero-order valence-electron chi connectivity index (χ0n) is 10.2.